The summed E-state index contributed by atoms with van der Waals surface area (Å²) >= 11 is 11.9. The van der Waals surface area contributed by atoms with Gasteiger partial charge >= 0.3 is 0 Å². The molecule has 0 aromatic heterocycles. The van der Waals surface area contributed by atoms with Gasteiger partial charge in [0.1, 0.15) is 5.75 Å². The molecule has 0 atom stereocenters. The van der Waals surface area contributed by atoms with Crippen LogP contribution in [0.25, 0.3) is 0 Å². The van der Waals surface area contributed by atoms with Crippen LogP contribution < -0.4 is 15.8 Å². The van der Waals surface area contributed by atoms with Gasteiger partial charge in [0.05, 0.1) is 33.7 Å². The van der Waals surface area contributed by atoms with Crippen molar-refractivity contribution in [3.05, 3.63) is 46.4 Å². The molecule has 0 saturated carbocycles. The van der Waals surface area contributed by atoms with Gasteiger partial charge in [-0.25, -0.2) is 0 Å². The number of ether oxygens (including phenoxy) is 1. The number of nitrogen functional groups attached to an aromatic ring is 1. The Morgan fingerprint density at radius 1 is 1.11 bits per heavy atom. The van der Waals surface area contributed by atoms with Gasteiger partial charge in [0, 0.05) is 0 Å². The van der Waals surface area contributed by atoms with E-state index in [9.17, 15) is 0 Å². The third-order valence-corrected chi connectivity index (χ3v) is 3.27. The molecule has 0 heterocycles. The van der Waals surface area contributed by atoms with Crippen LogP contribution in [-0.2, 0) is 0 Å². The van der Waals surface area contributed by atoms with Crippen molar-refractivity contribution >= 4 is 40.3 Å². The molecule has 0 fully saturated rings. The fourth-order valence-corrected chi connectivity index (χ4v) is 2.00. The Bertz CT molecular complexity index is 588. The minimum Gasteiger partial charge on any atom is -0.492 e. The number of para-hydroxylation sites is 2. The van der Waals surface area contributed by atoms with Crippen molar-refractivity contribution in [3.63, 3.8) is 0 Å². The number of hydrogen-bond acceptors (Lipinski definition) is 3. The summed E-state index contributed by atoms with van der Waals surface area (Å²) in [5.74, 6) is 0.760. The number of anilines is 3. The summed E-state index contributed by atoms with van der Waals surface area (Å²) in [6.45, 7) is 2.53. The zero-order chi connectivity index (χ0) is 13.8. The van der Waals surface area contributed by atoms with E-state index in [2.05, 4.69) is 5.32 Å². The van der Waals surface area contributed by atoms with Gasteiger partial charge < -0.3 is 15.8 Å². The second-order valence-corrected chi connectivity index (χ2v) is 4.72. The van der Waals surface area contributed by atoms with E-state index in [1.165, 1.54) is 0 Å². The summed E-state index contributed by atoms with van der Waals surface area (Å²) in [7, 11) is 0. The Hall–Kier alpha value is -1.58. The summed E-state index contributed by atoms with van der Waals surface area (Å²) in [6.07, 6.45) is 0. The molecule has 0 saturated heterocycles. The van der Waals surface area contributed by atoms with E-state index in [1.54, 1.807) is 12.1 Å². The highest BCUT2D eigenvalue weighted by Gasteiger charge is 2.08. The molecule has 0 spiro atoms. The maximum Gasteiger partial charge on any atom is 0.142 e. The lowest BCUT2D eigenvalue weighted by Gasteiger charge is -2.14. The summed E-state index contributed by atoms with van der Waals surface area (Å²) in [4.78, 5) is 0. The van der Waals surface area contributed by atoms with Gasteiger partial charge in [-0.3, -0.25) is 0 Å². The predicted octanol–water partition coefficient (Wildman–Crippen LogP) is 4.72. The van der Waals surface area contributed by atoms with Gasteiger partial charge in [0.25, 0.3) is 0 Å². The first-order chi connectivity index (χ1) is 9.11. The van der Waals surface area contributed by atoms with Crippen molar-refractivity contribution in [2.45, 2.75) is 6.92 Å². The lowest BCUT2D eigenvalue weighted by atomic mass is 10.2. The minimum atomic E-state index is 0.433. The smallest absolute Gasteiger partial charge is 0.142 e. The van der Waals surface area contributed by atoms with Crippen LogP contribution in [0.5, 0.6) is 5.75 Å². The fourth-order valence-electron chi connectivity index (χ4n) is 1.67. The molecule has 5 heteroatoms. The Labute approximate surface area is 122 Å². The minimum absolute atomic E-state index is 0.433. The number of nitrogens with one attached hydrogen (secondary N) is 1. The molecule has 2 rings (SSSR count). The molecule has 2 aromatic carbocycles. The van der Waals surface area contributed by atoms with E-state index in [0.717, 1.165) is 11.4 Å². The maximum atomic E-state index is 5.99. The molecule has 2 aromatic rings. The van der Waals surface area contributed by atoms with E-state index < -0.39 is 0 Å². The quantitative estimate of drug-likeness (QED) is 0.803. The molecule has 100 valence electrons. The van der Waals surface area contributed by atoms with Crippen LogP contribution in [0.15, 0.2) is 36.4 Å². The molecule has 0 bridgehead atoms. The average Bonchev–Trinajstić information content (AvgIpc) is 2.38. The van der Waals surface area contributed by atoms with Crippen LogP contribution in [0.2, 0.25) is 10.0 Å². The molecule has 19 heavy (non-hydrogen) atoms. The van der Waals surface area contributed by atoms with Crippen LogP contribution in [0, 0.1) is 0 Å². The van der Waals surface area contributed by atoms with E-state index in [1.807, 2.05) is 31.2 Å². The van der Waals surface area contributed by atoms with Gasteiger partial charge in [-0.2, -0.15) is 0 Å². The first kappa shape index (κ1) is 13.8. The predicted molar refractivity (Wildman–Crippen MR) is 81.8 cm³/mol. The third kappa shape index (κ3) is 3.25. The summed E-state index contributed by atoms with van der Waals surface area (Å²) in [6, 6.07) is 10.9. The van der Waals surface area contributed by atoms with E-state index in [4.69, 9.17) is 33.7 Å². The second-order valence-electron chi connectivity index (χ2n) is 3.91. The summed E-state index contributed by atoms with van der Waals surface area (Å²) in [5.41, 5.74) is 7.97. The van der Waals surface area contributed by atoms with Crippen LogP contribution >= 0.6 is 23.2 Å². The van der Waals surface area contributed by atoms with Crippen molar-refractivity contribution < 1.29 is 4.74 Å². The summed E-state index contributed by atoms with van der Waals surface area (Å²) in [5, 5.41) is 4.08. The van der Waals surface area contributed by atoms with Crippen molar-refractivity contribution in [2.24, 2.45) is 0 Å². The standard InChI is InChI=1S/C14H14Cl2N2O/c1-2-19-14-6-4-3-5-12(14)18-13-8-10(16)9(15)7-11(13)17/h3-8,18H,2,17H2,1H3. The largest absolute Gasteiger partial charge is 0.492 e. The molecule has 3 nitrogen and oxygen atoms in total. The topological polar surface area (TPSA) is 47.3 Å². The van der Waals surface area contributed by atoms with Crippen LogP contribution in [0.1, 0.15) is 6.92 Å². The lowest BCUT2D eigenvalue weighted by Crippen LogP contribution is -2.00. The zero-order valence-corrected chi connectivity index (χ0v) is 11.9. The maximum absolute atomic E-state index is 5.99. The molecular formula is C14H14Cl2N2O. The van der Waals surface area contributed by atoms with Gasteiger partial charge in [0.15, 0.2) is 0 Å². The van der Waals surface area contributed by atoms with E-state index >= 15 is 0 Å². The number of halogens is 2. The van der Waals surface area contributed by atoms with Crippen LogP contribution in [0.4, 0.5) is 17.1 Å². The number of nitrogens with two attached hydrogens (primary N) is 1. The third-order valence-electron chi connectivity index (χ3n) is 2.55. The van der Waals surface area contributed by atoms with Crippen LogP contribution in [0.3, 0.4) is 0 Å². The zero-order valence-electron chi connectivity index (χ0n) is 10.4. The SMILES string of the molecule is CCOc1ccccc1Nc1cc(Cl)c(Cl)cc1N. The van der Waals surface area contributed by atoms with E-state index in [0.29, 0.717) is 28.0 Å². The summed E-state index contributed by atoms with van der Waals surface area (Å²) < 4.78 is 5.54. The molecule has 0 unspecified atom stereocenters. The Balaban J connectivity index is 2.33. The molecular weight excluding hydrogens is 283 g/mol. The molecule has 0 aliphatic carbocycles. The fraction of sp³-hybridized carbons (Fsp3) is 0.143. The molecule has 0 radical (unpaired) electrons. The van der Waals surface area contributed by atoms with Crippen molar-refractivity contribution in [1.29, 1.82) is 0 Å². The first-order valence-corrected chi connectivity index (χ1v) is 6.60. The highest BCUT2D eigenvalue weighted by molar-refractivity contribution is 6.42. The normalized spacial score (nSPS) is 10.3. The second kappa shape index (κ2) is 6.04. The van der Waals surface area contributed by atoms with Gasteiger partial charge in [-0.05, 0) is 31.2 Å². The molecule has 0 aliphatic heterocycles. The van der Waals surface area contributed by atoms with Crippen LogP contribution in [-0.4, -0.2) is 6.61 Å². The lowest BCUT2D eigenvalue weighted by molar-refractivity contribution is 0.342. The number of hydrogen-bond donors (Lipinski definition) is 2. The van der Waals surface area contributed by atoms with Gasteiger partial charge in [0.2, 0.25) is 0 Å². The molecule has 0 aliphatic rings. The van der Waals surface area contributed by atoms with Gasteiger partial charge in [-0.1, -0.05) is 35.3 Å². The molecule has 3 N–H and O–H groups in total. The number of benzene rings is 2. The van der Waals surface area contributed by atoms with E-state index in [-0.39, 0.29) is 0 Å². The first-order valence-electron chi connectivity index (χ1n) is 5.85. The highest BCUT2D eigenvalue weighted by Crippen LogP contribution is 2.34. The average molecular weight is 297 g/mol. The molecule has 0 amide bonds. The monoisotopic (exact) mass is 296 g/mol. The van der Waals surface area contributed by atoms with Gasteiger partial charge in [-0.15, -0.1) is 0 Å². The Morgan fingerprint density at radius 3 is 2.53 bits per heavy atom. The van der Waals surface area contributed by atoms with Crippen molar-refractivity contribution in [3.8, 4) is 5.75 Å². The van der Waals surface area contributed by atoms with Crippen molar-refractivity contribution in [2.75, 3.05) is 17.7 Å². The Kier molecular flexibility index (Phi) is 4.40. The Morgan fingerprint density at radius 2 is 1.79 bits per heavy atom. The number of rotatable bonds is 4. The van der Waals surface area contributed by atoms with Crippen molar-refractivity contribution in [1.82, 2.24) is 0 Å². The highest BCUT2D eigenvalue weighted by atomic mass is 35.5.